The highest BCUT2D eigenvalue weighted by molar-refractivity contribution is 6.53. The highest BCUT2D eigenvalue weighted by atomic mass is 35.5. The largest absolute Gasteiger partial charge is 0.497 e. The minimum atomic E-state index is -0.702. The second-order valence-electron chi connectivity index (χ2n) is 8.14. The number of hydrogen-bond acceptors (Lipinski definition) is 7. The van der Waals surface area contributed by atoms with Gasteiger partial charge in [-0.1, -0.05) is 23.2 Å². The molecule has 0 atom stereocenters. The number of rotatable bonds is 7. The zero-order chi connectivity index (χ0) is 26.9. The number of imide groups is 1. The van der Waals surface area contributed by atoms with Crippen LogP contribution in [0.15, 0.2) is 65.3 Å². The molecule has 0 aliphatic carbocycles. The predicted octanol–water partition coefficient (Wildman–Crippen LogP) is 5.63. The van der Waals surface area contributed by atoms with E-state index in [1.54, 1.807) is 36.4 Å². The Kier molecular flexibility index (Phi) is 7.42. The van der Waals surface area contributed by atoms with E-state index in [1.807, 2.05) is 13.8 Å². The summed E-state index contributed by atoms with van der Waals surface area (Å²) in [7, 11) is 2.91. The molecule has 0 fully saturated rings. The number of methoxy groups -OCH3 is 2. The molecule has 0 saturated carbocycles. The van der Waals surface area contributed by atoms with E-state index in [2.05, 4.69) is 5.32 Å². The van der Waals surface area contributed by atoms with Crippen LogP contribution >= 0.6 is 23.2 Å². The highest BCUT2D eigenvalue weighted by Crippen LogP contribution is 2.37. The van der Waals surface area contributed by atoms with Gasteiger partial charge >= 0.3 is 5.97 Å². The number of hydrogen-bond donors (Lipinski definition) is 1. The van der Waals surface area contributed by atoms with Crippen molar-refractivity contribution in [2.75, 3.05) is 24.4 Å². The van der Waals surface area contributed by atoms with Gasteiger partial charge in [0, 0.05) is 16.8 Å². The Labute approximate surface area is 223 Å². The molecule has 1 heterocycles. The van der Waals surface area contributed by atoms with Gasteiger partial charge in [-0.2, -0.15) is 0 Å². The van der Waals surface area contributed by atoms with Crippen molar-refractivity contribution in [1.82, 2.24) is 0 Å². The maximum atomic E-state index is 13.1. The zero-order valence-corrected chi connectivity index (χ0v) is 21.9. The predicted molar refractivity (Wildman–Crippen MR) is 141 cm³/mol. The molecule has 1 aliphatic heterocycles. The van der Waals surface area contributed by atoms with Crippen LogP contribution < -0.4 is 24.4 Å². The van der Waals surface area contributed by atoms with E-state index in [-0.39, 0.29) is 27.7 Å². The Balaban J connectivity index is 1.50. The van der Waals surface area contributed by atoms with Crippen molar-refractivity contribution in [3.05, 3.63) is 87.0 Å². The van der Waals surface area contributed by atoms with Gasteiger partial charge in [0.1, 0.15) is 28.0 Å². The summed E-state index contributed by atoms with van der Waals surface area (Å²) < 4.78 is 16.0. The summed E-state index contributed by atoms with van der Waals surface area (Å²) in [6.45, 7) is 3.65. The summed E-state index contributed by atoms with van der Waals surface area (Å²) in [5, 5.41) is 3.21. The van der Waals surface area contributed by atoms with Crippen LogP contribution in [0.2, 0.25) is 5.02 Å². The molecule has 4 rings (SSSR count). The topological polar surface area (TPSA) is 94.2 Å². The smallest absolute Gasteiger partial charge is 0.343 e. The number of carbonyl (C=O) groups excluding carboxylic acids is 3. The fraction of sp³-hybridized carbons (Fsp3) is 0.148. The summed E-state index contributed by atoms with van der Waals surface area (Å²) >= 11 is 12.4. The molecule has 1 aliphatic rings. The Morgan fingerprint density at radius 1 is 0.838 bits per heavy atom. The Morgan fingerprint density at radius 2 is 1.49 bits per heavy atom. The van der Waals surface area contributed by atoms with Crippen LogP contribution in [0, 0.1) is 13.8 Å². The van der Waals surface area contributed by atoms with E-state index < -0.39 is 17.8 Å². The number of esters is 1. The maximum absolute atomic E-state index is 13.1. The van der Waals surface area contributed by atoms with Crippen molar-refractivity contribution < 1.29 is 28.6 Å². The van der Waals surface area contributed by atoms with Gasteiger partial charge in [0.2, 0.25) is 0 Å². The van der Waals surface area contributed by atoms with Crippen molar-refractivity contribution in [3.8, 4) is 17.2 Å². The number of benzene rings is 3. The third-order valence-corrected chi connectivity index (χ3v) is 6.61. The van der Waals surface area contributed by atoms with Crippen molar-refractivity contribution >= 4 is 52.4 Å². The second-order valence-corrected chi connectivity index (χ2v) is 8.89. The van der Waals surface area contributed by atoms with Gasteiger partial charge in [0.15, 0.2) is 0 Å². The fourth-order valence-electron chi connectivity index (χ4n) is 3.76. The molecular weight excluding hydrogens is 519 g/mol. The first-order valence-electron chi connectivity index (χ1n) is 11.0. The Hall–Kier alpha value is -4.01. The van der Waals surface area contributed by atoms with Crippen molar-refractivity contribution in [3.63, 3.8) is 0 Å². The number of nitrogens with zero attached hydrogens (tertiary/aromatic N) is 1. The van der Waals surface area contributed by atoms with Gasteiger partial charge in [-0.3, -0.25) is 9.59 Å². The summed E-state index contributed by atoms with van der Waals surface area (Å²) in [5.74, 6) is -0.776. The molecule has 3 aromatic rings. The normalized spacial score (nSPS) is 13.2. The van der Waals surface area contributed by atoms with Gasteiger partial charge in [-0.05, 0) is 73.5 Å². The molecule has 8 nitrogen and oxygen atoms in total. The quantitative estimate of drug-likeness (QED) is 0.236. The molecule has 0 spiro atoms. The van der Waals surface area contributed by atoms with Crippen molar-refractivity contribution in [1.29, 1.82) is 0 Å². The number of anilines is 2. The molecule has 0 unspecified atom stereocenters. The molecular formula is C27H22Cl2N2O6. The van der Waals surface area contributed by atoms with E-state index in [0.717, 1.165) is 16.0 Å². The molecule has 10 heteroatoms. The number of ether oxygens (including phenoxy) is 3. The molecule has 2 amide bonds. The molecule has 1 N–H and O–H groups in total. The first-order chi connectivity index (χ1) is 17.6. The van der Waals surface area contributed by atoms with Gasteiger partial charge in [0.05, 0.1) is 25.5 Å². The van der Waals surface area contributed by atoms with Crippen LogP contribution in [0.3, 0.4) is 0 Å². The average Bonchev–Trinajstić information content (AvgIpc) is 3.10. The van der Waals surface area contributed by atoms with E-state index in [0.29, 0.717) is 22.2 Å². The zero-order valence-electron chi connectivity index (χ0n) is 20.3. The van der Waals surface area contributed by atoms with Crippen molar-refractivity contribution in [2.45, 2.75) is 13.8 Å². The number of halogens is 2. The summed E-state index contributed by atoms with van der Waals surface area (Å²) in [5.41, 5.74) is 2.44. The first-order valence-corrected chi connectivity index (χ1v) is 11.8. The third-order valence-electron chi connectivity index (χ3n) is 5.67. The van der Waals surface area contributed by atoms with Crippen LogP contribution in [-0.2, 0) is 9.59 Å². The summed E-state index contributed by atoms with van der Waals surface area (Å²) in [6, 6.07) is 14.3. The lowest BCUT2D eigenvalue weighted by Crippen LogP contribution is -2.32. The molecule has 0 bridgehead atoms. The highest BCUT2D eigenvalue weighted by Gasteiger charge is 2.40. The molecule has 3 aromatic carbocycles. The van der Waals surface area contributed by atoms with Gasteiger partial charge in [-0.25, -0.2) is 9.69 Å². The Bertz CT molecular complexity index is 1430. The lowest BCUT2D eigenvalue weighted by molar-refractivity contribution is -0.120. The maximum Gasteiger partial charge on any atom is 0.343 e. The van der Waals surface area contributed by atoms with Crippen LogP contribution in [-0.4, -0.2) is 32.0 Å². The van der Waals surface area contributed by atoms with E-state index in [9.17, 15) is 14.4 Å². The second kappa shape index (κ2) is 10.5. The van der Waals surface area contributed by atoms with Crippen LogP contribution in [0.25, 0.3) is 0 Å². The standard InChI is InChI=1S/C27H22Cl2N2O6/c1-14-11-19(12-15(2)22(14)28)37-27(34)16-5-7-17(8-6-16)30-24-23(29)25(32)31(26(24)33)20-10-9-18(35-3)13-21(20)36-4/h5-13,30H,1-4H3. The van der Waals surface area contributed by atoms with E-state index in [4.69, 9.17) is 37.4 Å². The lowest BCUT2D eigenvalue weighted by Gasteiger charge is -2.18. The molecule has 190 valence electrons. The lowest BCUT2D eigenvalue weighted by atomic mass is 10.1. The van der Waals surface area contributed by atoms with Gasteiger partial charge in [0.25, 0.3) is 11.8 Å². The average molecular weight is 541 g/mol. The fourth-order valence-corrected chi connectivity index (χ4v) is 4.09. The van der Waals surface area contributed by atoms with Crippen LogP contribution in [0.5, 0.6) is 17.2 Å². The van der Waals surface area contributed by atoms with Gasteiger partial charge < -0.3 is 19.5 Å². The molecule has 0 saturated heterocycles. The SMILES string of the molecule is COc1ccc(N2C(=O)C(Cl)=C(Nc3ccc(C(=O)Oc4cc(C)c(Cl)c(C)c4)cc3)C2=O)c(OC)c1. The van der Waals surface area contributed by atoms with Gasteiger partial charge in [-0.15, -0.1) is 0 Å². The van der Waals surface area contributed by atoms with E-state index in [1.165, 1.54) is 32.4 Å². The minimum absolute atomic E-state index is 0.105. The summed E-state index contributed by atoms with van der Waals surface area (Å²) in [4.78, 5) is 39.5. The van der Waals surface area contributed by atoms with Crippen molar-refractivity contribution in [2.24, 2.45) is 0 Å². The van der Waals surface area contributed by atoms with Crippen LogP contribution in [0.4, 0.5) is 11.4 Å². The molecule has 37 heavy (non-hydrogen) atoms. The monoisotopic (exact) mass is 540 g/mol. The minimum Gasteiger partial charge on any atom is -0.497 e. The van der Waals surface area contributed by atoms with E-state index >= 15 is 0 Å². The number of carbonyl (C=O) groups is 3. The molecule has 0 aromatic heterocycles. The number of aryl methyl sites for hydroxylation is 2. The Morgan fingerprint density at radius 3 is 2.08 bits per heavy atom. The number of nitrogens with one attached hydrogen (secondary N) is 1. The third kappa shape index (κ3) is 5.12. The molecule has 0 radical (unpaired) electrons. The first kappa shape index (κ1) is 26.1. The number of amides is 2. The van der Waals surface area contributed by atoms with Crippen LogP contribution in [0.1, 0.15) is 21.5 Å². The summed E-state index contributed by atoms with van der Waals surface area (Å²) in [6.07, 6.45) is 0.